The smallest absolute Gasteiger partial charge is 0.0158 e. The van der Waals surface area contributed by atoms with Crippen molar-refractivity contribution in [2.24, 2.45) is 0 Å². The normalized spacial score (nSPS) is 25.8. The van der Waals surface area contributed by atoms with Gasteiger partial charge in [0.25, 0.3) is 0 Å². The van der Waals surface area contributed by atoms with E-state index < -0.39 is 0 Å². The Morgan fingerprint density at radius 3 is 2.58 bits per heavy atom. The first-order valence-corrected chi connectivity index (χ1v) is 5.94. The molecule has 1 aliphatic rings. The number of rotatable bonds is 2. The molecule has 0 bridgehead atoms. The number of thioether (sulfide) groups is 1. The Hall–Kier alpha value is 0.310. The van der Waals surface area contributed by atoms with Gasteiger partial charge in [-0.2, -0.15) is 11.8 Å². The molecule has 0 radical (unpaired) electrons. The summed E-state index contributed by atoms with van der Waals surface area (Å²) >= 11 is 2.08. The van der Waals surface area contributed by atoms with Crippen LogP contribution in [0.5, 0.6) is 0 Å². The van der Waals surface area contributed by atoms with Crippen molar-refractivity contribution in [3.05, 3.63) is 0 Å². The second-order valence-electron chi connectivity index (χ2n) is 4.57. The Bertz CT molecular complexity index is 122. The molecule has 1 fully saturated rings. The summed E-state index contributed by atoms with van der Waals surface area (Å²) in [6, 6.07) is 0.781. The summed E-state index contributed by atoms with van der Waals surface area (Å²) in [6.45, 7) is 8.11. The van der Waals surface area contributed by atoms with Crippen molar-refractivity contribution >= 4 is 11.8 Å². The third-order valence-corrected chi connectivity index (χ3v) is 3.56. The zero-order valence-electron chi connectivity index (χ0n) is 8.52. The standard InChI is InChI=1S/C10H21NS/c1-10(2,3)12-8-9-6-4-5-7-11-9/h9,11H,4-8H2,1-3H3/t9-/m1/s1. The average molecular weight is 187 g/mol. The first kappa shape index (κ1) is 10.4. The second-order valence-corrected chi connectivity index (χ2v) is 6.42. The molecule has 1 N–H and O–H groups in total. The summed E-state index contributed by atoms with van der Waals surface area (Å²) in [5, 5.41) is 3.57. The van der Waals surface area contributed by atoms with Crippen LogP contribution in [0.4, 0.5) is 0 Å². The number of piperidine rings is 1. The van der Waals surface area contributed by atoms with Crippen LogP contribution in [-0.4, -0.2) is 23.1 Å². The molecule has 12 heavy (non-hydrogen) atoms. The Morgan fingerprint density at radius 1 is 1.33 bits per heavy atom. The molecule has 0 aliphatic carbocycles. The highest BCUT2D eigenvalue weighted by Crippen LogP contribution is 2.25. The minimum atomic E-state index is 0.430. The minimum Gasteiger partial charge on any atom is -0.313 e. The lowest BCUT2D eigenvalue weighted by molar-refractivity contribution is 0.429. The number of hydrogen-bond acceptors (Lipinski definition) is 2. The predicted molar refractivity (Wildman–Crippen MR) is 57.9 cm³/mol. The highest BCUT2D eigenvalue weighted by atomic mass is 32.2. The van der Waals surface area contributed by atoms with E-state index in [4.69, 9.17) is 0 Å². The van der Waals surface area contributed by atoms with E-state index in [0.717, 1.165) is 6.04 Å². The molecule has 1 heterocycles. The summed E-state index contributed by atoms with van der Waals surface area (Å²) < 4.78 is 0.430. The van der Waals surface area contributed by atoms with Gasteiger partial charge in [0.15, 0.2) is 0 Å². The molecule has 0 aromatic rings. The van der Waals surface area contributed by atoms with Crippen LogP contribution in [0.3, 0.4) is 0 Å². The van der Waals surface area contributed by atoms with Crippen LogP contribution in [0.2, 0.25) is 0 Å². The summed E-state index contributed by atoms with van der Waals surface area (Å²) in [5.74, 6) is 1.28. The molecule has 1 rings (SSSR count). The number of hydrogen-bond donors (Lipinski definition) is 1. The van der Waals surface area contributed by atoms with E-state index in [-0.39, 0.29) is 0 Å². The molecule has 0 saturated carbocycles. The molecule has 1 atom stereocenters. The zero-order chi connectivity index (χ0) is 9.03. The van der Waals surface area contributed by atoms with Crippen LogP contribution in [0.15, 0.2) is 0 Å². The van der Waals surface area contributed by atoms with Crippen molar-refractivity contribution in [1.82, 2.24) is 5.32 Å². The van der Waals surface area contributed by atoms with Gasteiger partial charge in [-0.3, -0.25) is 0 Å². The summed E-state index contributed by atoms with van der Waals surface area (Å²) in [7, 11) is 0. The van der Waals surface area contributed by atoms with Crippen molar-refractivity contribution < 1.29 is 0 Å². The molecule has 0 unspecified atom stereocenters. The van der Waals surface area contributed by atoms with E-state index in [1.807, 2.05) is 0 Å². The fraction of sp³-hybridized carbons (Fsp3) is 1.00. The van der Waals surface area contributed by atoms with Crippen molar-refractivity contribution in [1.29, 1.82) is 0 Å². The third kappa shape index (κ3) is 4.36. The summed E-state index contributed by atoms with van der Waals surface area (Å²) in [4.78, 5) is 0. The predicted octanol–water partition coefficient (Wildman–Crippen LogP) is 2.66. The fourth-order valence-corrected chi connectivity index (χ4v) is 2.40. The molecule has 1 saturated heterocycles. The van der Waals surface area contributed by atoms with E-state index in [0.29, 0.717) is 4.75 Å². The van der Waals surface area contributed by atoms with Crippen LogP contribution in [0.25, 0.3) is 0 Å². The summed E-state index contributed by atoms with van der Waals surface area (Å²) in [5.41, 5.74) is 0. The molecule has 1 nitrogen and oxygen atoms in total. The molecular formula is C10H21NS. The topological polar surface area (TPSA) is 12.0 Å². The van der Waals surface area contributed by atoms with Gasteiger partial charge < -0.3 is 5.32 Å². The van der Waals surface area contributed by atoms with E-state index >= 15 is 0 Å². The Morgan fingerprint density at radius 2 is 2.08 bits per heavy atom. The van der Waals surface area contributed by atoms with Crippen molar-refractivity contribution in [2.75, 3.05) is 12.3 Å². The van der Waals surface area contributed by atoms with Crippen LogP contribution >= 0.6 is 11.8 Å². The molecule has 2 heteroatoms. The first-order chi connectivity index (χ1) is 5.58. The van der Waals surface area contributed by atoms with E-state index in [1.165, 1.54) is 31.6 Å². The van der Waals surface area contributed by atoms with E-state index in [1.54, 1.807) is 0 Å². The molecule has 72 valence electrons. The van der Waals surface area contributed by atoms with Crippen molar-refractivity contribution in [2.45, 2.75) is 50.8 Å². The highest BCUT2D eigenvalue weighted by molar-refractivity contribution is 8.00. The highest BCUT2D eigenvalue weighted by Gasteiger charge is 2.16. The Labute approximate surface area is 80.7 Å². The van der Waals surface area contributed by atoms with E-state index in [2.05, 4.69) is 37.8 Å². The summed E-state index contributed by atoms with van der Waals surface area (Å²) in [6.07, 6.45) is 4.17. The number of nitrogens with one attached hydrogen (secondary N) is 1. The van der Waals surface area contributed by atoms with Gasteiger partial charge in [-0.25, -0.2) is 0 Å². The largest absolute Gasteiger partial charge is 0.313 e. The molecule has 0 aromatic heterocycles. The SMILES string of the molecule is CC(C)(C)SC[C@H]1CCCCN1. The maximum Gasteiger partial charge on any atom is 0.0158 e. The van der Waals surface area contributed by atoms with Gasteiger partial charge in [0, 0.05) is 16.5 Å². The Balaban J connectivity index is 2.13. The van der Waals surface area contributed by atoms with Crippen LogP contribution in [0, 0.1) is 0 Å². The lowest BCUT2D eigenvalue weighted by atomic mass is 10.1. The molecule has 1 aliphatic heterocycles. The van der Waals surface area contributed by atoms with Gasteiger partial charge in [-0.1, -0.05) is 27.2 Å². The van der Waals surface area contributed by atoms with Gasteiger partial charge in [0.1, 0.15) is 0 Å². The lowest BCUT2D eigenvalue weighted by Crippen LogP contribution is -2.36. The van der Waals surface area contributed by atoms with Crippen molar-refractivity contribution in [3.63, 3.8) is 0 Å². The second kappa shape index (κ2) is 4.52. The average Bonchev–Trinajstić information content (AvgIpc) is 2.02. The van der Waals surface area contributed by atoms with Gasteiger partial charge in [0.2, 0.25) is 0 Å². The van der Waals surface area contributed by atoms with Gasteiger partial charge in [-0.15, -0.1) is 0 Å². The molecule has 0 spiro atoms. The van der Waals surface area contributed by atoms with Crippen LogP contribution < -0.4 is 5.32 Å². The minimum absolute atomic E-state index is 0.430. The zero-order valence-corrected chi connectivity index (χ0v) is 9.34. The van der Waals surface area contributed by atoms with Gasteiger partial charge in [0.05, 0.1) is 0 Å². The third-order valence-electron chi connectivity index (χ3n) is 2.13. The van der Waals surface area contributed by atoms with Gasteiger partial charge in [-0.05, 0) is 19.4 Å². The molecule has 0 aromatic carbocycles. The van der Waals surface area contributed by atoms with Crippen LogP contribution in [0.1, 0.15) is 40.0 Å². The first-order valence-electron chi connectivity index (χ1n) is 4.95. The maximum atomic E-state index is 3.57. The molecule has 0 amide bonds. The van der Waals surface area contributed by atoms with Crippen LogP contribution in [-0.2, 0) is 0 Å². The molecular weight excluding hydrogens is 166 g/mol. The monoisotopic (exact) mass is 187 g/mol. The quantitative estimate of drug-likeness (QED) is 0.713. The fourth-order valence-electron chi connectivity index (χ4n) is 1.42. The maximum absolute atomic E-state index is 3.57. The lowest BCUT2D eigenvalue weighted by Gasteiger charge is -2.26. The van der Waals surface area contributed by atoms with Gasteiger partial charge >= 0.3 is 0 Å². The Kier molecular flexibility index (Phi) is 3.91. The van der Waals surface area contributed by atoms with Crippen molar-refractivity contribution in [3.8, 4) is 0 Å². The van der Waals surface area contributed by atoms with E-state index in [9.17, 15) is 0 Å².